The van der Waals surface area contributed by atoms with E-state index in [1.807, 2.05) is 0 Å². The third kappa shape index (κ3) is 1.63. The maximum absolute atomic E-state index is 11.6. The lowest BCUT2D eigenvalue weighted by Gasteiger charge is -2.09. The summed E-state index contributed by atoms with van der Waals surface area (Å²) >= 11 is 0. The van der Waals surface area contributed by atoms with Crippen molar-refractivity contribution < 1.29 is 14.1 Å². The average Bonchev–Trinajstić information content (AvgIpc) is 2.88. The zero-order valence-corrected chi connectivity index (χ0v) is 8.66. The molecule has 0 radical (unpaired) electrons. The number of aromatic nitrogens is 1. The third-order valence-electron chi connectivity index (χ3n) is 2.81. The number of carbonyl (C=O) groups is 1. The van der Waals surface area contributed by atoms with Crippen LogP contribution in [0.25, 0.3) is 0 Å². The van der Waals surface area contributed by atoms with E-state index in [0.717, 1.165) is 12.8 Å². The minimum atomic E-state index is -0.381. The highest BCUT2D eigenvalue weighted by Crippen LogP contribution is 2.47. The lowest BCUT2D eigenvalue weighted by atomic mass is 9.99. The van der Waals surface area contributed by atoms with E-state index in [2.05, 4.69) is 5.16 Å². The van der Waals surface area contributed by atoms with Crippen LogP contribution >= 0.6 is 0 Å². The van der Waals surface area contributed by atoms with Gasteiger partial charge in [0.05, 0.1) is 6.61 Å². The van der Waals surface area contributed by atoms with Gasteiger partial charge in [0.1, 0.15) is 17.5 Å². The van der Waals surface area contributed by atoms with Crippen LogP contribution in [-0.4, -0.2) is 24.3 Å². The summed E-state index contributed by atoms with van der Waals surface area (Å²) in [5, 5.41) is 3.87. The Labute approximate surface area is 87.6 Å². The van der Waals surface area contributed by atoms with Gasteiger partial charge in [-0.3, -0.25) is 0 Å². The van der Waals surface area contributed by atoms with Crippen LogP contribution in [0.3, 0.4) is 0 Å². The minimum Gasteiger partial charge on any atom is -0.462 e. The molecule has 1 heterocycles. The highest BCUT2D eigenvalue weighted by Gasteiger charge is 2.48. The Kier molecular flexibility index (Phi) is 2.48. The number of nitrogens with zero attached hydrogens (tertiary/aromatic N) is 1. The second-order valence-corrected chi connectivity index (χ2v) is 3.78. The Morgan fingerprint density at radius 3 is 3.00 bits per heavy atom. The first-order chi connectivity index (χ1) is 7.23. The number of esters is 1. The molecule has 1 aromatic rings. The summed E-state index contributed by atoms with van der Waals surface area (Å²) in [6.45, 7) is 2.60. The van der Waals surface area contributed by atoms with Crippen LogP contribution in [0.4, 0.5) is 0 Å². The van der Waals surface area contributed by atoms with E-state index >= 15 is 0 Å². The molecule has 2 N–H and O–H groups in total. The van der Waals surface area contributed by atoms with Crippen LogP contribution in [-0.2, 0) is 10.2 Å². The van der Waals surface area contributed by atoms with E-state index in [1.165, 1.54) is 6.26 Å². The van der Waals surface area contributed by atoms with Crippen LogP contribution in [0.2, 0.25) is 0 Å². The minimum absolute atomic E-state index is 0.144. The zero-order valence-electron chi connectivity index (χ0n) is 8.66. The van der Waals surface area contributed by atoms with Gasteiger partial charge in [-0.1, -0.05) is 5.16 Å². The summed E-state index contributed by atoms with van der Waals surface area (Å²) < 4.78 is 9.75. The maximum atomic E-state index is 11.6. The average molecular weight is 210 g/mol. The predicted molar refractivity (Wildman–Crippen MR) is 52.4 cm³/mol. The summed E-state index contributed by atoms with van der Waals surface area (Å²) in [7, 11) is 0. The Bertz CT molecular complexity index is 368. The van der Waals surface area contributed by atoms with Crippen molar-refractivity contribution in [3.63, 3.8) is 0 Å². The molecule has 0 saturated heterocycles. The quantitative estimate of drug-likeness (QED) is 0.745. The normalized spacial score (nSPS) is 17.5. The molecule has 1 aliphatic rings. The molecular weight excluding hydrogens is 196 g/mol. The fourth-order valence-corrected chi connectivity index (χ4v) is 1.66. The van der Waals surface area contributed by atoms with Crippen molar-refractivity contribution in [3.8, 4) is 0 Å². The van der Waals surface area contributed by atoms with E-state index in [9.17, 15) is 4.79 Å². The summed E-state index contributed by atoms with van der Waals surface area (Å²) in [6.07, 6.45) is 3.26. The Morgan fingerprint density at radius 1 is 1.73 bits per heavy atom. The third-order valence-corrected chi connectivity index (χ3v) is 2.81. The summed E-state index contributed by atoms with van der Waals surface area (Å²) in [6, 6.07) is 0. The van der Waals surface area contributed by atoms with Gasteiger partial charge in [-0.25, -0.2) is 4.79 Å². The molecule has 0 aromatic carbocycles. The first-order valence-corrected chi connectivity index (χ1v) is 5.05. The van der Waals surface area contributed by atoms with E-state index in [0.29, 0.717) is 24.4 Å². The van der Waals surface area contributed by atoms with Crippen LogP contribution in [0.5, 0.6) is 0 Å². The van der Waals surface area contributed by atoms with Crippen LogP contribution in [0.1, 0.15) is 35.8 Å². The molecule has 0 unspecified atom stereocenters. The summed E-state index contributed by atoms with van der Waals surface area (Å²) in [5.74, 6) is -0.381. The molecule has 82 valence electrons. The van der Waals surface area contributed by atoms with Crippen molar-refractivity contribution in [2.24, 2.45) is 5.73 Å². The summed E-state index contributed by atoms with van der Waals surface area (Å²) in [5.41, 5.74) is 6.60. The molecule has 0 aliphatic heterocycles. The SMILES string of the molecule is CCOC(=O)c1conc1C1(CN)CC1. The molecule has 5 heteroatoms. The maximum Gasteiger partial charge on any atom is 0.343 e. The van der Waals surface area contributed by atoms with Gasteiger partial charge in [0.25, 0.3) is 0 Å². The molecular formula is C10H14N2O3. The van der Waals surface area contributed by atoms with Crippen LogP contribution in [0, 0.1) is 0 Å². The smallest absolute Gasteiger partial charge is 0.343 e. The number of hydrogen-bond donors (Lipinski definition) is 1. The van der Waals surface area contributed by atoms with Crippen molar-refractivity contribution in [1.82, 2.24) is 5.16 Å². The standard InChI is InChI=1S/C10H14N2O3/c1-2-14-9(13)7-5-15-12-8(7)10(6-11)3-4-10/h5H,2-4,6,11H2,1H3. The molecule has 0 spiro atoms. The first-order valence-electron chi connectivity index (χ1n) is 5.05. The number of carbonyl (C=O) groups excluding carboxylic acids is 1. The van der Waals surface area contributed by atoms with Gasteiger partial charge in [0.2, 0.25) is 0 Å². The van der Waals surface area contributed by atoms with E-state index in [-0.39, 0.29) is 11.4 Å². The van der Waals surface area contributed by atoms with Gasteiger partial charge in [0, 0.05) is 12.0 Å². The van der Waals surface area contributed by atoms with Gasteiger partial charge in [-0.2, -0.15) is 0 Å². The lowest BCUT2D eigenvalue weighted by Crippen LogP contribution is -2.23. The largest absolute Gasteiger partial charge is 0.462 e. The van der Waals surface area contributed by atoms with Gasteiger partial charge in [-0.05, 0) is 19.8 Å². The van der Waals surface area contributed by atoms with Gasteiger partial charge in [-0.15, -0.1) is 0 Å². The highest BCUT2D eigenvalue weighted by molar-refractivity contribution is 5.90. The van der Waals surface area contributed by atoms with Crippen molar-refractivity contribution in [1.29, 1.82) is 0 Å². The Balaban J connectivity index is 2.26. The van der Waals surface area contributed by atoms with Crippen LogP contribution in [0.15, 0.2) is 10.8 Å². The number of hydrogen-bond acceptors (Lipinski definition) is 5. The fraction of sp³-hybridized carbons (Fsp3) is 0.600. The van der Waals surface area contributed by atoms with E-state index < -0.39 is 0 Å². The molecule has 2 rings (SSSR count). The lowest BCUT2D eigenvalue weighted by molar-refractivity contribution is 0.0523. The molecule has 1 saturated carbocycles. The number of ether oxygens (including phenoxy) is 1. The molecule has 15 heavy (non-hydrogen) atoms. The van der Waals surface area contributed by atoms with Crippen molar-refractivity contribution >= 4 is 5.97 Å². The second-order valence-electron chi connectivity index (χ2n) is 3.78. The van der Waals surface area contributed by atoms with Crippen molar-refractivity contribution in [2.45, 2.75) is 25.2 Å². The predicted octanol–water partition coefficient (Wildman–Crippen LogP) is 0.842. The fourth-order valence-electron chi connectivity index (χ4n) is 1.66. The number of nitrogens with two attached hydrogens (primary N) is 1. The molecule has 1 fully saturated rings. The highest BCUT2D eigenvalue weighted by atomic mass is 16.5. The molecule has 0 atom stereocenters. The molecule has 0 amide bonds. The number of rotatable bonds is 4. The Morgan fingerprint density at radius 2 is 2.47 bits per heavy atom. The topological polar surface area (TPSA) is 78.3 Å². The van der Waals surface area contributed by atoms with Crippen molar-refractivity contribution in [3.05, 3.63) is 17.5 Å². The molecule has 0 bridgehead atoms. The van der Waals surface area contributed by atoms with Crippen molar-refractivity contribution in [2.75, 3.05) is 13.2 Å². The monoisotopic (exact) mass is 210 g/mol. The van der Waals surface area contributed by atoms with Crippen LogP contribution < -0.4 is 5.73 Å². The zero-order chi connectivity index (χ0) is 10.9. The van der Waals surface area contributed by atoms with Gasteiger partial charge in [0.15, 0.2) is 0 Å². The van der Waals surface area contributed by atoms with E-state index in [1.54, 1.807) is 6.92 Å². The van der Waals surface area contributed by atoms with E-state index in [4.69, 9.17) is 15.0 Å². The second kappa shape index (κ2) is 3.66. The van der Waals surface area contributed by atoms with Gasteiger partial charge >= 0.3 is 5.97 Å². The molecule has 5 nitrogen and oxygen atoms in total. The molecule has 1 aliphatic carbocycles. The summed E-state index contributed by atoms with van der Waals surface area (Å²) in [4.78, 5) is 11.6. The Hall–Kier alpha value is -1.36. The van der Waals surface area contributed by atoms with Gasteiger partial charge < -0.3 is 15.0 Å². The molecule has 1 aromatic heterocycles. The first kappa shape index (κ1) is 10.2.